The Morgan fingerprint density at radius 1 is 1.44 bits per heavy atom. The highest BCUT2D eigenvalue weighted by atomic mass is 79.9. The lowest BCUT2D eigenvalue weighted by atomic mass is 10.2. The summed E-state index contributed by atoms with van der Waals surface area (Å²) in [5.74, 6) is 0.683. The van der Waals surface area contributed by atoms with E-state index in [2.05, 4.69) is 25.6 Å². The average molecular weight is 335 g/mol. The number of rotatable bonds is 4. The van der Waals surface area contributed by atoms with Crippen LogP contribution in [0.5, 0.6) is 5.75 Å². The number of ether oxygens (including phenoxy) is 1. The number of methoxy groups -OCH3 is 1. The summed E-state index contributed by atoms with van der Waals surface area (Å²) >= 11 is 3.34. The minimum absolute atomic E-state index is 0.0905. The van der Waals surface area contributed by atoms with Gasteiger partial charge in [0.1, 0.15) is 4.60 Å². The molecule has 1 aromatic heterocycles. The Labute approximate surface area is 119 Å². The van der Waals surface area contributed by atoms with Crippen molar-refractivity contribution in [1.29, 1.82) is 0 Å². The van der Waals surface area contributed by atoms with Crippen LogP contribution in [-0.2, 0) is 11.0 Å². The highest BCUT2D eigenvalue weighted by Gasteiger charge is 2.22. The molecule has 0 radical (unpaired) electrons. The highest BCUT2D eigenvalue weighted by molar-refractivity contribution is 9.10. The van der Waals surface area contributed by atoms with Gasteiger partial charge in [0.25, 0.3) is 0 Å². The molecule has 0 fully saturated rings. The Hall–Kier alpha value is -0.460. The van der Waals surface area contributed by atoms with Crippen molar-refractivity contribution in [2.45, 2.75) is 38.5 Å². The van der Waals surface area contributed by atoms with Crippen LogP contribution in [0.25, 0.3) is 0 Å². The second-order valence-electron chi connectivity index (χ2n) is 4.95. The number of halogens is 1. The SMILES string of the molecule is COc1ccc([C@@H](C)N[S@](=O)C(C)(C)C)nc1Br. The quantitative estimate of drug-likeness (QED) is 0.861. The van der Waals surface area contributed by atoms with E-state index in [0.29, 0.717) is 10.4 Å². The fourth-order valence-corrected chi connectivity index (χ4v) is 2.52. The van der Waals surface area contributed by atoms with E-state index in [0.717, 1.165) is 5.69 Å². The van der Waals surface area contributed by atoms with Gasteiger partial charge in [-0.1, -0.05) is 0 Å². The second-order valence-corrected chi connectivity index (χ2v) is 7.70. The summed E-state index contributed by atoms with van der Waals surface area (Å²) in [6, 6.07) is 3.61. The van der Waals surface area contributed by atoms with E-state index in [1.165, 1.54) is 0 Å². The first-order valence-electron chi connectivity index (χ1n) is 5.64. The smallest absolute Gasteiger partial charge is 0.151 e. The molecule has 0 spiro atoms. The lowest BCUT2D eigenvalue weighted by Crippen LogP contribution is -2.35. The standard InChI is InChI=1S/C12H19BrN2O2S/c1-8(15-18(16)12(2,3)4)9-6-7-10(17-5)11(13)14-9/h6-8,15H,1-5H3/t8-,18-/m1/s1. The van der Waals surface area contributed by atoms with Gasteiger partial charge in [-0.3, -0.25) is 0 Å². The molecule has 18 heavy (non-hydrogen) atoms. The van der Waals surface area contributed by atoms with Gasteiger partial charge in [-0.25, -0.2) is 13.9 Å². The average Bonchev–Trinajstić information content (AvgIpc) is 2.27. The number of hydrogen-bond donors (Lipinski definition) is 1. The Morgan fingerprint density at radius 3 is 2.50 bits per heavy atom. The fraction of sp³-hybridized carbons (Fsp3) is 0.583. The minimum Gasteiger partial charge on any atom is -0.494 e. The van der Waals surface area contributed by atoms with Crippen molar-refractivity contribution in [3.8, 4) is 5.75 Å². The van der Waals surface area contributed by atoms with Crippen molar-refractivity contribution in [2.24, 2.45) is 0 Å². The molecule has 1 heterocycles. The zero-order valence-corrected chi connectivity index (χ0v) is 13.7. The maximum atomic E-state index is 12.0. The number of nitrogens with zero attached hydrogens (tertiary/aromatic N) is 1. The molecule has 0 aromatic carbocycles. The van der Waals surface area contributed by atoms with Crippen LogP contribution in [0, 0.1) is 0 Å². The number of pyridine rings is 1. The molecule has 0 bridgehead atoms. The van der Waals surface area contributed by atoms with Crippen molar-refractivity contribution in [3.05, 3.63) is 22.4 Å². The van der Waals surface area contributed by atoms with Gasteiger partial charge in [0, 0.05) is 0 Å². The summed E-state index contributed by atoms with van der Waals surface area (Å²) in [6.07, 6.45) is 0. The van der Waals surface area contributed by atoms with Crippen LogP contribution < -0.4 is 9.46 Å². The Bertz CT molecular complexity index is 446. The van der Waals surface area contributed by atoms with Crippen LogP contribution in [-0.4, -0.2) is 21.0 Å². The van der Waals surface area contributed by atoms with Crippen LogP contribution in [0.3, 0.4) is 0 Å². The monoisotopic (exact) mass is 334 g/mol. The lowest BCUT2D eigenvalue weighted by molar-refractivity contribution is 0.409. The molecule has 4 nitrogen and oxygen atoms in total. The first-order chi connectivity index (χ1) is 8.25. The Balaban J connectivity index is 2.82. The molecule has 0 saturated carbocycles. The molecule has 6 heteroatoms. The molecule has 0 aliphatic rings. The van der Waals surface area contributed by atoms with Crippen LogP contribution in [0.15, 0.2) is 16.7 Å². The lowest BCUT2D eigenvalue weighted by Gasteiger charge is -2.21. The number of hydrogen-bond acceptors (Lipinski definition) is 3. The predicted octanol–water partition coefficient (Wildman–Crippen LogP) is 2.97. The Kier molecular flexibility index (Phi) is 5.31. The predicted molar refractivity (Wildman–Crippen MR) is 77.9 cm³/mol. The minimum atomic E-state index is -1.12. The third kappa shape index (κ3) is 4.03. The molecule has 0 aliphatic heterocycles. The molecule has 1 N–H and O–H groups in total. The van der Waals surface area contributed by atoms with Gasteiger partial charge in [-0.05, 0) is 55.8 Å². The first kappa shape index (κ1) is 15.6. The maximum Gasteiger partial charge on any atom is 0.151 e. The van der Waals surface area contributed by atoms with Gasteiger partial charge in [0.2, 0.25) is 0 Å². The fourth-order valence-electron chi connectivity index (χ4n) is 1.23. The van der Waals surface area contributed by atoms with Crippen LogP contribution >= 0.6 is 15.9 Å². The third-order valence-corrected chi connectivity index (χ3v) is 4.59. The van der Waals surface area contributed by atoms with Gasteiger partial charge < -0.3 is 4.74 Å². The van der Waals surface area contributed by atoms with E-state index < -0.39 is 11.0 Å². The van der Waals surface area contributed by atoms with Crippen molar-refractivity contribution in [1.82, 2.24) is 9.71 Å². The van der Waals surface area contributed by atoms with Crippen molar-refractivity contribution < 1.29 is 8.95 Å². The molecule has 1 rings (SSSR count). The summed E-state index contributed by atoms with van der Waals surface area (Å²) in [4.78, 5) is 4.37. The largest absolute Gasteiger partial charge is 0.494 e. The molecule has 1 aromatic rings. The number of aromatic nitrogens is 1. The van der Waals surface area contributed by atoms with E-state index in [-0.39, 0.29) is 10.8 Å². The Morgan fingerprint density at radius 2 is 2.06 bits per heavy atom. The molecule has 102 valence electrons. The van der Waals surface area contributed by atoms with Crippen LogP contribution in [0.4, 0.5) is 0 Å². The van der Waals surface area contributed by atoms with Gasteiger partial charge >= 0.3 is 0 Å². The van der Waals surface area contributed by atoms with E-state index in [4.69, 9.17) is 4.74 Å². The second kappa shape index (κ2) is 6.12. The normalized spacial score (nSPS) is 15.2. The molecular weight excluding hydrogens is 316 g/mol. The van der Waals surface area contributed by atoms with Gasteiger partial charge in [0.15, 0.2) is 5.75 Å². The maximum absolute atomic E-state index is 12.0. The van der Waals surface area contributed by atoms with Gasteiger partial charge in [0.05, 0.1) is 34.6 Å². The molecule has 0 amide bonds. The summed E-state index contributed by atoms with van der Waals surface area (Å²) in [5.41, 5.74) is 0.820. The van der Waals surface area contributed by atoms with E-state index >= 15 is 0 Å². The van der Waals surface area contributed by atoms with Crippen LogP contribution in [0.1, 0.15) is 39.4 Å². The molecule has 0 aliphatic carbocycles. The van der Waals surface area contributed by atoms with Gasteiger partial charge in [-0.2, -0.15) is 0 Å². The highest BCUT2D eigenvalue weighted by Crippen LogP contribution is 2.25. The van der Waals surface area contributed by atoms with E-state index in [1.807, 2.05) is 39.8 Å². The van der Waals surface area contributed by atoms with E-state index in [9.17, 15) is 4.21 Å². The van der Waals surface area contributed by atoms with Crippen molar-refractivity contribution in [2.75, 3.05) is 7.11 Å². The topological polar surface area (TPSA) is 51.2 Å². The number of nitrogens with one attached hydrogen (secondary N) is 1. The van der Waals surface area contributed by atoms with Crippen LogP contribution in [0.2, 0.25) is 0 Å². The molecule has 0 unspecified atom stereocenters. The molecule has 0 saturated heterocycles. The van der Waals surface area contributed by atoms with Crippen molar-refractivity contribution in [3.63, 3.8) is 0 Å². The van der Waals surface area contributed by atoms with Crippen molar-refractivity contribution >= 4 is 26.9 Å². The zero-order chi connectivity index (χ0) is 13.9. The van der Waals surface area contributed by atoms with E-state index in [1.54, 1.807) is 7.11 Å². The first-order valence-corrected chi connectivity index (χ1v) is 7.58. The summed E-state index contributed by atoms with van der Waals surface area (Å²) in [6.45, 7) is 7.73. The molecular formula is C12H19BrN2O2S. The summed E-state index contributed by atoms with van der Waals surface area (Å²) in [5, 5.41) is 0. The zero-order valence-electron chi connectivity index (χ0n) is 11.3. The summed E-state index contributed by atoms with van der Waals surface area (Å²) in [7, 11) is 0.477. The van der Waals surface area contributed by atoms with Gasteiger partial charge in [-0.15, -0.1) is 0 Å². The molecule has 2 atom stereocenters. The summed E-state index contributed by atoms with van der Waals surface area (Å²) < 4.78 is 20.5. The third-order valence-electron chi connectivity index (χ3n) is 2.34.